The summed E-state index contributed by atoms with van der Waals surface area (Å²) in [6.45, 7) is 0. The van der Waals surface area contributed by atoms with Gasteiger partial charge < -0.3 is 11.1 Å². The van der Waals surface area contributed by atoms with Gasteiger partial charge in [0.2, 0.25) is 5.91 Å². The third-order valence-electron chi connectivity index (χ3n) is 3.49. The van der Waals surface area contributed by atoms with Gasteiger partial charge in [0.05, 0.1) is 6.04 Å². The average Bonchev–Trinajstić information content (AvgIpc) is 2.47. The second-order valence-corrected chi connectivity index (χ2v) is 6.25. The predicted octanol–water partition coefficient (Wildman–Crippen LogP) is 1.96. The largest absolute Gasteiger partial charge is 0.352 e. The molecule has 1 aromatic rings. The summed E-state index contributed by atoms with van der Waals surface area (Å²) in [4.78, 5) is 12.0. The highest BCUT2D eigenvalue weighted by molar-refractivity contribution is 7.99. The van der Waals surface area contributed by atoms with E-state index in [1.165, 1.54) is 5.56 Å². The Balaban J connectivity index is 1.72. The molecule has 2 rings (SSSR count). The van der Waals surface area contributed by atoms with E-state index in [2.05, 4.69) is 17.4 Å². The number of benzene rings is 1. The van der Waals surface area contributed by atoms with Crippen LogP contribution in [0.15, 0.2) is 30.3 Å². The van der Waals surface area contributed by atoms with E-state index in [4.69, 9.17) is 5.73 Å². The lowest BCUT2D eigenvalue weighted by atomic mass is 10.0. The highest BCUT2D eigenvalue weighted by Crippen LogP contribution is 2.17. The molecular weight excluding hydrogens is 256 g/mol. The second-order valence-electron chi connectivity index (χ2n) is 5.03. The van der Waals surface area contributed by atoms with Gasteiger partial charge in [0, 0.05) is 6.04 Å². The van der Waals surface area contributed by atoms with Gasteiger partial charge in [-0.2, -0.15) is 11.8 Å². The highest BCUT2D eigenvalue weighted by atomic mass is 32.2. The number of amides is 1. The number of hydrogen-bond donors (Lipinski definition) is 2. The van der Waals surface area contributed by atoms with E-state index in [0.29, 0.717) is 12.5 Å². The van der Waals surface area contributed by atoms with Gasteiger partial charge in [0.15, 0.2) is 0 Å². The molecule has 1 aromatic carbocycles. The molecule has 1 amide bonds. The van der Waals surface area contributed by atoms with Crippen LogP contribution in [0, 0.1) is 0 Å². The van der Waals surface area contributed by atoms with Crippen molar-refractivity contribution in [3.63, 3.8) is 0 Å². The first-order valence-electron chi connectivity index (χ1n) is 6.93. The minimum Gasteiger partial charge on any atom is -0.352 e. The molecule has 3 nitrogen and oxygen atoms in total. The molecule has 0 radical (unpaired) electrons. The van der Waals surface area contributed by atoms with Crippen molar-refractivity contribution in [2.45, 2.75) is 37.8 Å². The lowest BCUT2D eigenvalue weighted by Crippen LogP contribution is -2.46. The Labute approximate surface area is 119 Å². The number of nitrogens with one attached hydrogen (secondary N) is 1. The van der Waals surface area contributed by atoms with Crippen LogP contribution in [-0.2, 0) is 11.2 Å². The minimum absolute atomic E-state index is 0.00725. The second kappa shape index (κ2) is 7.56. The van der Waals surface area contributed by atoms with Crippen LogP contribution in [-0.4, -0.2) is 29.5 Å². The van der Waals surface area contributed by atoms with E-state index in [9.17, 15) is 4.79 Å². The summed E-state index contributed by atoms with van der Waals surface area (Å²) in [5, 5.41) is 3.08. The Morgan fingerprint density at radius 3 is 2.68 bits per heavy atom. The summed E-state index contributed by atoms with van der Waals surface area (Å²) in [5.74, 6) is 2.29. The van der Waals surface area contributed by atoms with Crippen molar-refractivity contribution in [3.8, 4) is 0 Å². The summed E-state index contributed by atoms with van der Waals surface area (Å²) >= 11 is 1.96. The first-order valence-corrected chi connectivity index (χ1v) is 8.09. The molecule has 0 aromatic heterocycles. The fraction of sp³-hybridized carbons (Fsp3) is 0.533. The molecule has 0 bridgehead atoms. The summed E-state index contributed by atoms with van der Waals surface area (Å²) in [5.41, 5.74) is 7.20. The summed E-state index contributed by atoms with van der Waals surface area (Å²) in [6, 6.07) is 10.1. The van der Waals surface area contributed by atoms with Crippen molar-refractivity contribution < 1.29 is 4.79 Å². The SMILES string of the molecule is NC(CCc1ccccc1)C(=O)NC1CCSCC1. The van der Waals surface area contributed by atoms with E-state index in [-0.39, 0.29) is 5.91 Å². The molecule has 1 saturated heterocycles. The van der Waals surface area contributed by atoms with E-state index in [1.807, 2.05) is 30.0 Å². The molecule has 1 fully saturated rings. The van der Waals surface area contributed by atoms with Crippen LogP contribution in [0.3, 0.4) is 0 Å². The van der Waals surface area contributed by atoms with Crippen molar-refractivity contribution in [3.05, 3.63) is 35.9 Å². The number of thioether (sulfide) groups is 1. The third-order valence-corrected chi connectivity index (χ3v) is 4.54. The van der Waals surface area contributed by atoms with Gasteiger partial charge in [-0.1, -0.05) is 30.3 Å². The van der Waals surface area contributed by atoms with Gasteiger partial charge in [-0.3, -0.25) is 4.79 Å². The zero-order valence-corrected chi connectivity index (χ0v) is 12.0. The minimum atomic E-state index is -0.394. The molecule has 1 aliphatic rings. The third kappa shape index (κ3) is 4.88. The number of hydrogen-bond acceptors (Lipinski definition) is 3. The Morgan fingerprint density at radius 1 is 1.32 bits per heavy atom. The van der Waals surface area contributed by atoms with Crippen LogP contribution < -0.4 is 11.1 Å². The lowest BCUT2D eigenvalue weighted by molar-refractivity contribution is -0.123. The average molecular weight is 278 g/mol. The van der Waals surface area contributed by atoms with Crippen LogP contribution in [0.1, 0.15) is 24.8 Å². The quantitative estimate of drug-likeness (QED) is 0.865. The smallest absolute Gasteiger partial charge is 0.237 e. The zero-order chi connectivity index (χ0) is 13.5. The van der Waals surface area contributed by atoms with Gasteiger partial charge in [0.25, 0.3) is 0 Å². The van der Waals surface area contributed by atoms with E-state index in [0.717, 1.165) is 30.8 Å². The molecule has 0 aliphatic carbocycles. The van der Waals surface area contributed by atoms with E-state index >= 15 is 0 Å². The number of rotatable bonds is 5. The van der Waals surface area contributed by atoms with Gasteiger partial charge >= 0.3 is 0 Å². The standard InChI is InChI=1S/C15H22N2OS/c16-14(7-6-12-4-2-1-3-5-12)15(18)17-13-8-10-19-11-9-13/h1-5,13-14H,6-11,16H2,(H,17,18). The Hall–Kier alpha value is -1.00. The van der Waals surface area contributed by atoms with Crippen molar-refractivity contribution in [1.82, 2.24) is 5.32 Å². The number of aryl methyl sites for hydroxylation is 1. The molecule has 4 heteroatoms. The van der Waals surface area contributed by atoms with Crippen LogP contribution in [0.4, 0.5) is 0 Å². The van der Waals surface area contributed by atoms with Crippen molar-refractivity contribution >= 4 is 17.7 Å². The molecule has 1 atom stereocenters. The Bertz CT molecular complexity index is 390. The fourth-order valence-corrected chi connectivity index (χ4v) is 3.35. The summed E-state index contributed by atoms with van der Waals surface area (Å²) in [7, 11) is 0. The van der Waals surface area contributed by atoms with Crippen LogP contribution in [0.2, 0.25) is 0 Å². The molecule has 3 N–H and O–H groups in total. The molecule has 1 unspecified atom stereocenters. The topological polar surface area (TPSA) is 55.1 Å². The fourth-order valence-electron chi connectivity index (χ4n) is 2.25. The zero-order valence-electron chi connectivity index (χ0n) is 11.2. The maximum atomic E-state index is 12.0. The number of carbonyl (C=O) groups is 1. The molecule has 0 saturated carbocycles. The van der Waals surface area contributed by atoms with Crippen molar-refractivity contribution in [2.24, 2.45) is 5.73 Å². The van der Waals surface area contributed by atoms with Gasteiger partial charge in [0.1, 0.15) is 0 Å². The van der Waals surface area contributed by atoms with E-state index < -0.39 is 6.04 Å². The summed E-state index contributed by atoms with van der Waals surface area (Å²) in [6.07, 6.45) is 3.71. The molecular formula is C15H22N2OS. The van der Waals surface area contributed by atoms with Crippen LogP contribution in [0.5, 0.6) is 0 Å². The first-order chi connectivity index (χ1) is 9.25. The monoisotopic (exact) mass is 278 g/mol. The molecule has 19 heavy (non-hydrogen) atoms. The number of nitrogens with two attached hydrogens (primary N) is 1. The van der Waals surface area contributed by atoms with Gasteiger partial charge in [-0.25, -0.2) is 0 Å². The Morgan fingerprint density at radius 2 is 2.00 bits per heavy atom. The molecule has 1 heterocycles. The predicted molar refractivity (Wildman–Crippen MR) is 81.2 cm³/mol. The van der Waals surface area contributed by atoms with E-state index in [1.54, 1.807) is 0 Å². The van der Waals surface area contributed by atoms with Gasteiger partial charge in [-0.05, 0) is 42.8 Å². The highest BCUT2D eigenvalue weighted by Gasteiger charge is 2.19. The molecule has 104 valence electrons. The normalized spacial score (nSPS) is 17.9. The van der Waals surface area contributed by atoms with Gasteiger partial charge in [-0.15, -0.1) is 0 Å². The Kier molecular flexibility index (Phi) is 5.73. The van der Waals surface area contributed by atoms with Crippen LogP contribution in [0.25, 0.3) is 0 Å². The maximum Gasteiger partial charge on any atom is 0.237 e. The maximum absolute atomic E-state index is 12.0. The molecule has 1 aliphatic heterocycles. The lowest BCUT2D eigenvalue weighted by Gasteiger charge is -2.24. The van der Waals surface area contributed by atoms with Crippen LogP contribution >= 0.6 is 11.8 Å². The summed E-state index contributed by atoms with van der Waals surface area (Å²) < 4.78 is 0. The van der Waals surface area contributed by atoms with Crippen molar-refractivity contribution in [2.75, 3.05) is 11.5 Å². The number of carbonyl (C=O) groups excluding carboxylic acids is 1. The van der Waals surface area contributed by atoms with Crippen molar-refractivity contribution in [1.29, 1.82) is 0 Å². The molecule has 0 spiro atoms. The first kappa shape index (κ1) is 14.4.